The summed E-state index contributed by atoms with van der Waals surface area (Å²) in [5.41, 5.74) is 0. The molecule has 1 N–H and O–H groups in total. The Kier molecular flexibility index (Phi) is 5.59. The predicted molar refractivity (Wildman–Crippen MR) is 69.1 cm³/mol. The largest absolute Gasteiger partial charge is 0.465 e. The second-order valence-corrected chi connectivity index (χ2v) is 5.06. The summed E-state index contributed by atoms with van der Waals surface area (Å²) in [4.78, 5) is 25.5. The molecule has 1 saturated heterocycles. The molecule has 0 aliphatic carbocycles. The highest BCUT2D eigenvalue weighted by molar-refractivity contribution is 5.86. The monoisotopic (exact) mass is 256 g/mol. The van der Waals surface area contributed by atoms with Gasteiger partial charge in [0, 0.05) is 6.04 Å². The second kappa shape index (κ2) is 6.73. The van der Waals surface area contributed by atoms with Gasteiger partial charge in [-0.2, -0.15) is 0 Å². The molecular weight excluding hydrogens is 232 g/mol. The molecule has 0 bridgehead atoms. The molecular formula is C13H24N2O3. The van der Waals surface area contributed by atoms with Gasteiger partial charge in [0.1, 0.15) is 6.54 Å². The fraction of sp³-hybridized carbons (Fsp3) is 0.846. The Balaban J connectivity index is 2.66. The van der Waals surface area contributed by atoms with E-state index in [4.69, 9.17) is 4.74 Å². The van der Waals surface area contributed by atoms with Crippen LogP contribution in [-0.4, -0.2) is 48.6 Å². The fourth-order valence-corrected chi connectivity index (χ4v) is 2.20. The van der Waals surface area contributed by atoms with Crippen molar-refractivity contribution < 1.29 is 14.3 Å². The molecule has 1 heterocycles. The van der Waals surface area contributed by atoms with Crippen LogP contribution < -0.4 is 5.32 Å². The SMILES string of the molecule is CCOC(=O)CN(C(=O)C1NCCC1C)C(C)C. The van der Waals surface area contributed by atoms with Crippen LogP contribution in [0.25, 0.3) is 0 Å². The van der Waals surface area contributed by atoms with Gasteiger partial charge in [-0.3, -0.25) is 9.59 Å². The lowest BCUT2D eigenvalue weighted by molar-refractivity contribution is -0.151. The smallest absolute Gasteiger partial charge is 0.325 e. The van der Waals surface area contributed by atoms with Crippen molar-refractivity contribution in [3.05, 3.63) is 0 Å². The van der Waals surface area contributed by atoms with Crippen LogP contribution in [0.2, 0.25) is 0 Å². The van der Waals surface area contributed by atoms with Crippen LogP contribution in [-0.2, 0) is 14.3 Å². The van der Waals surface area contributed by atoms with E-state index in [2.05, 4.69) is 12.2 Å². The maximum atomic E-state index is 12.4. The Morgan fingerprint density at radius 1 is 1.44 bits per heavy atom. The molecule has 1 amide bonds. The van der Waals surface area contributed by atoms with Crippen molar-refractivity contribution in [2.45, 2.75) is 46.2 Å². The zero-order chi connectivity index (χ0) is 13.7. The first-order chi connectivity index (χ1) is 8.47. The van der Waals surface area contributed by atoms with Crippen molar-refractivity contribution in [3.63, 3.8) is 0 Å². The van der Waals surface area contributed by atoms with E-state index in [1.165, 1.54) is 0 Å². The topological polar surface area (TPSA) is 58.6 Å². The van der Waals surface area contributed by atoms with Crippen molar-refractivity contribution in [1.29, 1.82) is 0 Å². The van der Waals surface area contributed by atoms with E-state index in [9.17, 15) is 9.59 Å². The number of nitrogens with one attached hydrogen (secondary N) is 1. The van der Waals surface area contributed by atoms with E-state index in [-0.39, 0.29) is 30.5 Å². The minimum Gasteiger partial charge on any atom is -0.465 e. The van der Waals surface area contributed by atoms with Crippen molar-refractivity contribution in [2.24, 2.45) is 5.92 Å². The molecule has 104 valence electrons. The molecule has 1 aliphatic rings. The molecule has 0 aromatic carbocycles. The second-order valence-electron chi connectivity index (χ2n) is 5.06. The van der Waals surface area contributed by atoms with Gasteiger partial charge < -0.3 is 15.0 Å². The first-order valence-electron chi connectivity index (χ1n) is 6.66. The Hall–Kier alpha value is -1.10. The molecule has 0 aromatic rings. The summed E-state index contributed by atoms with van der Waals surface area (Å²) in [6, 6.07) is -0.168. The number of rotatable bonds is 5. The molecule has 18 heavy (non-hydrogen) atoms. The van der Waals surface area contributed by atoms with Crippen LogP contribution in [0.3, 0.4) is 0 Å². The minimum atomic E-state index is -0.342. The highest BCUT2D eigenvalue weighted by atomic mass is 16.5. The summed E-state index contributed by atoms with van der Waals surface area (Å²) in [6.45, 7) is 8.90. The highest BCUT2D eigenvalue weighted by Gasteiger charge is 2.34. The van der Waals surface area contributed by atoms with E-state index in [1.54, 1.807) is 11.8 Å². The lowest BCUT2D eigenvalue weighted by Crippen LogP contribution is -2.50. The average Bonchev–Trinajstić information content (AvgIpc) is 2.71. The molecule has 2 unspecified atom stereocenters. The van der Waals surface area contributed by atoms with Gasteiger partial charge in [0.05, 0.1) is 12.6 Å². The molecule has 0 saturated carbocycles. The van der Waals surface area contributed by atoms with E-state index in [0.29, 0.717) is 12.5 Å². The van der Waals surface area contributed by atoms with Crippen LogP contribution in [0.1, 0.15) is 34.1 Å². The van der Waals surface area contributed by atoms with Crippen LogP contribution >= 0.6 is 0 Å². The number of ether oxygens (including phenoxy) is 1. The van der Waals surface area contributed by atoms with Crippen molar-refractivity contribution in [3.8, 4) is 0 Å². The normalized spacial score (nSPS) is 23.2. The Morgan fingerprint density at radius 2 is 2.11 bits per heavy atom. The first kappa shape index (κ1) is 15.0. The van der Waals surface area contributed by atoms with E-state index in [1.807, 2.05) is 13.8 Å². The lowest BCUT2D eigenvalue weighted by atomic mass is 10.0. The van der Waals surface area contributed by atoms with Gasteiger partial charge in [-0.1, -0.05) is 6.92 Å². The van der Waals surface area contributed by atoms with Crippen LogP contribution in [0, 0.1) is 5.92 Å². The number of esters is 1. The summed E-state index contributed by atoms with van der Waals surface area (Å²) < 4.78 is 4.91. The van der Waals surface area contributed by atoms with Crippen LogP contribution in [0.15, 0.2) is 0 Å². The maximum Gasteiger partial charge on any atom is 0.325 e. The van der Waals surface area contributed by atoms with Crippen molar-refractivity contribution in [2.75, 3.05) is 19.7 Å². The molecule has 5 nitrogen and oxygen atoms in total. The van der Waals surface area contributed by atoms with Crippen LogP contribution in [0.5, 0.6) is 0 Å². The summed E-state index contributed by atoms with van der Waals surface area (Å²) >= 11 is 0. The lowest BCUT2D eigenvalue weighted by Gasteiger charge is -2.29. The van der Waals surface area contributed by atoms with Gasteiger partial charge in [0.2, 0.25) is 5.91 Å². The molecule has 1 fully saturated rings. The Labute approximate surface area is 109 Å². The Morgan fingerprint density at radius 3 is 2.56 bits per heavy atom. The van der Waals surface area contributed by atoms with E-state index >= 15 is 0 Å². The zero-order valence-corrected chi connectivity index (χ0v) is 11.7. The fourth-order valence-electron chi connectivity index (χ4n) is 2.20. The van der Waals surface area contributed by atoms with Gasteiger partial charge in [-0.15, -0.1) is 0 Å². The van der Waals surface area contributed by atoms with E-state index in [0.717, 1.165) is 13.0 Å². The van der Waals surface area contributed by atoms with Gasteiger partial charge in [0.15, 0.2) is 0 Å². The Bertz CT molecular complexity index is 305. The maximum absolute atomic E-state index is 12.4. The number of hydrogen-bond donors (Lipinski definition) is 1. The highest BCUT2D eigenvalue weighted by Crippen LogP contribution is 2.17. The predicted octanol–water partition coefficient (Wildman–Crippen LogP) is 0.785. The van der Waals surface area contributed by atoms with Gasteiger partial charge >= 0.3 is 5.97 Å². The number of hydrogen-bond acceptors (Lipinski definition) is 4. The summed E-state index contributed by atoms with van der Waals surface area (Å²) in [5.74, 6) is -0.0193. The van der Waals surface area contributed by atoms with Crippen molar-refractivity contribution in [1.82, 2.24) is 10.2 Å². The average molecular weight is 256 g/mol. The zero-order valence-electron chi connectivity index (χ0n) is 11.7. The third-order valence-corrected chi connectivity index (χ3v) is 3.31. The van der Waals surface area contributed by atoms with Gasteiger partial charge in [-0.05, 0) is 39.7 Å². The number of carbonyl (C=O) groups is 2. The molecule has 0 aromatic heterocycles. The molecule has 1 rings (SSSR count). The third kappa shape index (κ3) is 3.70. The minimum absolute atomic E-state index is 0.00283. The summed E-state index contributed by atoms with van der Waals surface area (Å²) in [6.07, 6.45) is 1.00. The molecule has 0 radical (unpaired) electrons. The van der Waals surface area contributed by atoms with Gasteiger partial charge in [-0.25, -0.2) is 0 Å². The quantitative estimate of drug-likeness (QED) is 0.739. The third-order valence-electron chi connectivity index (χ3n) is 3.31. The van der Waals surface area contributed by atoms with Crippen molar-refractivity contribution >= 4 is 11.9 Å². The summed E-state index contributed by atoms with van der Waals surface area (Å²) in [5, 5.41) is 3.20. The molecule has 0 spiro atoms. The molecule has 2 atom stereocenters. The van der Waals surface area contributed by atoms with Gasteiger partial charge in [0.25, 0.3) is 0 Å². The summed E-state index contributed by atoms with van der Waals surface area (Å²) in [7, 11) is 0. The standard InChI is InChI=1S/C13H24N2O3/c1-5-18-11(16)8-15(9(2)3)13(17)12-10(4)6-7-14-12/h9-10,12,14H,5-8H2,1-4H3. The first-order valence-corrected chi connectivity index (χ1v) is 6.66. The number of amides is 1. The number of carbonyl (C=O) groups excluding carboxylic acids is 2. The molecule has 5 heteroatoms. The van der Waals surface area contributed by atoms with E-state index < -0.39 is 0 Å². The molecule has 1 aliphatic heterocycles. The number of nitrogens with zero attached hydrogens (tertiary/aromatic N) is 1. The van der Waals surface area contributed by atoms with Crippen LogP contribution in [0.4, 0.5) is 0 Å².